The van der Waals surface area contributed by atoms with Crippen LogP contribution in [-0.2, 0) is 4.79 Å². The van der Waals surface area contributed by atoms with E-state index in [0.717, 1.165) is 12.8 Å². The van der Waals surface area contributed by atoms with E-state index < -0.39 is 0 Å². The van der Waals surface area contributed by atoms with E-state index in [1.165, 1.54) is 32.1 Å². The van der Waals surface area contributed by atoms with Crippen LogP contribution in [0.1, 0.15) is 65.7 Å². The average Bonchev–Trinajstić information content (AvgIpc) is 2.43. The number of hydrogen-bond acceptors (Lipinski definition) is 2. The fourth-order valence-corrected chi connectivity index (χ4v) is 2.88. The van der Waals surface area contributed by atoms with Gasteiger partial charge in [0.1, 0.15) is 0 Å². The Morgan fingerprint density at radius 2 is 1.83 bits per heavy atom. The van der Waals surface area contributed by atoms with Crippen LogP contribution in [0.5, 0.6) is 0 Å². The van der Waals surface area contributed by atoms with Gasteiger partial charge < -0.3 is 11.1 Å². The standard InChI is InChI=1S/C15H30N2O/c1-4-11(3)14(16)15(18)17-13(5-2)12-9-7-6-8-10-12/h11-14H,4-10,16H2,1-3H3,(H,17,18)/t11-,13?,14-/m0/s1. The maximum atomic E-state index is 12.1. The Balaban J connectivity index is 2.48. The zero-order valence-corrected chi connectivity index (χ0v) is 12.2. The Morgan fingerprint density at radius 1 is 1.22 bits per heavy atom. The van der Waals surface area contributed by atoms with Crippen LogP contribution in [-0.4, -0.2) is 18.0 Å². The molecule has 0 radical (unpaired) electrons. The largest absolute Gasteiger partial charge is 0.352 e. The summed E-state index contributed by atoms with van der Waals surface area (Å²) in [5.74, 6) is 0.965. The first kappa shape index (κ1) is 15.5. The molecule has 0 spiro atoms. The number of rotatable bonds is 6. The van der Waals surface area contributed by atoms with Gasteiger partial charge in [-0.15, -0.1) is 0 Å². The third-order valence-electron chi connectivity index (χ3n) is 4.55. The minimum absolute atomic E-state index is 0.0433. The van der Waals surface area contributed by atoms with Crippen LogP contribution in [0.25, 0.3) is 0 Å². The quantitative estimate of drug-likeness (QED) is 0.766. The number of nitrogens with one attached hydrogen (secondary N) is 1. The molecule has 1 unspecified atom stereocenters. The molecule has 3 atom stereocenters. The minimum Gasteiger partial charge on any atom is -0.352 e. The summed E-state index contributed by atoms with van der Waals surface area (Å²) >= 11 is 0. The maximum absolute atomic E-state index is 12.1. The van der Waals surface area contributed by atoms with Crippen molar-refractivity contribution in [3.63, 3.8) is 0 Å². The summed E-state index contributed by atoms with van der Waals surface area (Å²) in [6.07, 6.45) is 8.48. The molecule has 1 fully saturated rings. The number of nitrogens with two attached hydrogens (primary N) is 1. The van der Waals surface area contributed by atoms with Gasteiger partial charge >= 0.3 is 0 Å². The first-order valence-corrected chi connectivity index (χ1v) is 7.66. The summed E-state index contributed by atoms with van der Waals surface area (Å²) in [4.78, 5) is 12.1. The predicted molar refractivity (Wildman–Crippen MR) is 76.2 cm³/mol. The van der Waals surface area contributed by atoms with Gasteiger partial charge in [-0.2, -0.15) is 0 Å². The molecule has 0 bridgehead atoms. The van der Waals surface area contributed by atoms with Gasteiger partial charge in [0.25, 0.3) is 0 Å². The highest BCUT2D eigenvalue weighted by molar-refractivity contribution is 5.82. The second kappa shape index (κ2) is 7.78. The van der Waals surface area contributed by atoms with E-state index >= 15 is 0 Å². The van der Waals surface area contributed by atoms with Crippen molar-refractivity contribution in [2.24, 2.45) is 17.6 Å². The zero-order chi connectivity index (χ0) is 13.5. The lowest BCUT2D eigenvalue weighted by atomic mass is 9.82. The van der Waals surface area contributed by atoms with Crippen molar-refractivity contribution in [1.29, 1.82) is 0 Å². The van der Waals surface area contributed by atoms with Crippen LogP contribution < -0.4 is 11.1 Å². The van der Waals surface area contributed by atoms with Crippen molar-refractivity contribution in [2.45, 2.75) is 77.8 Å². The van der Waals surface area contributed by atoms with Crippen LogP contribution >= 0.6 is 0 Å². The summed E-state index contributed by atoms with van der Waals surface area (Å²) in [5.41, 5.74) is 5.99. The molecule has 0 aromatic heterocycles. The Kier molecular flexibility index (Phi) is 6.69. The monoisotopic (exact) mass is 254 g/mol. The SMILES string of the molecule is CCC(NC(=O)[C@@H](N)[C@@H](C)CC)C1CCCCC1. The molecule has 1 rings (SSSR count). The molecule has 3 nitrogen and oxygen atoms in total. The minimum atomic E-state index is -0.354. The van der Waals surface area contributed by atoms with Crippen molar-refractivity contribution < 1.29 is 4.79 Å². The number of hydrogen-bond donors (Lipinski definition) is 2. The molecule has 1 saturated carbocycles. The second-order valence-corrected chi connectivity index (χ2v) is 5.83. The third-order valence-corrected chi connectivity index (χ3v) is 4.55. The van der Waals surface area contributed by atoms with Crippen LogP contribution in [0.2, 0.25) is 0 Å². The van der Waals surface area contributed by atoms with Crippen molar-refractivity contribution in [3.8, 4) is 0 Å². The topological polar surface area (TPSA) is 55.1 Å². The highest BCUT2D eigenvalue weighted by Crippen LogP contribution is 2.27. The fraction of sp³-hybridized carbons (Fsp3) is 0.933. The van der Waals surface area contributed by atoms with E-state index in [4.69, 9.17) is 5.73 Å². The van der Waals surface area contributed by atoms with Gasteiger partial charge in [-0.1, -0.05) is 46.5 Å². The molecule has 18 heavy (non-hydrogen) atoms. The first-order valence-electron chi connectivity index (χ1n) is 7.66. The van der Waals surface area contributed by atoms with Gasteiger partial charge in [-0.3, -0.25) is 4.79 Å². The summed E-state index contributed by atoms with van der Waals surface area (Å²) in [7, 11) is 0. The molecule has 3 N–H and O–H groups in total. The molecular formula is C15H30N2O. The van der Waals surface area contributed by atoms with Gasteiger partial charge in [-0.25, -0.2) is 0 Å². The molecule has 3 heteroatoms. The summed E-state index contributed by atoms with van der Waals surface area (Å²) in [6.45, 7) is 6.29. The van der Waals surface area contributed by atoms with Gasteiger partial charge in [0.15, 0.2) is 0 Å². The van der Waals surface area contributed by atoms with Gasteiger partial charge in [0.2, 0.25) is 5.91 Å². The Morgan fingerprint density at radius 3 is 2.33 bits per heavy atom. The van der Waals surface area contributed by atoms with E-state index in [0.29, 0.717) is 12.0 Å². The molecule has 1 amide bonds. The highest BCUT2D eigenvalue weighted by Gasteiger charge is 2.26. The van der Waals surface area contributed by atoms with Crippen LogP contribution in [0.4, 0.5) is 0 Å². The lowest BCUT2D eigenvalue weighted by Gasteiger charge is -2.31. The van der Waals surface area contributed by atoms with Crippen molar-refractivity contribution >= 4 is 5.91 Å². The van der Waals surface area contributed by atoms with Crippen molar-refractivity contribution in [3.05, 3.63) is 0 Å². The summed E-state index contributed by atoms with van der Waals surface area (Å²) < 4.78 is 0. The molecule has 0 heterocycles. The van der Waals surface area contributed by atoms with Gasteiger partial charge in [0.05, 0.1) is 6.04 Å². The van der Waals surface area contributed by atoms with E-state index in [9.17, 15) is 4.79 Å². The fourth-order valence-electron chi connectivity index (χ4n) is 2.88. The first-order chi connectivity index (χ1) is 8.60. The molecule has 0 saturated heterocycles. The normalized spacial score (nSPS) is 22.2. The molecule has 1 aliphatic carbocycles. The third kappa shape index (κ3) is 4.27. The maximum Gasteiger partial charge on any atom is 0.237 e. The molecular weight excluding hydrogens is 224 g/mol. The Labute approximate surface area is 112 Å². The predicted octanol–water partition coefficient (Wildman–Crippen LogP) is 2.83. The summed E-state index contributed by atoms with van der Waals surface area (Å²) in [6, 6.07) is -0.0273. The van der Waals surface area contributed by atoms with E-state index in [1.54, 1.807) is 0 Å². The van der Waals surface area contributed by atoms with Crippen LogP contribution in [0.3, 0.4) is 0 Å². The highest BCUT2D eigenvalue weighted by atomic mass is 16.2. The average molecular weight is 254 g/mol. The molecule has 0 aliphatic heterocycles. The number of carbonyl (C=O) groups is 1. The van der Waals surface area contributed by atoms with E-state index in [-0.39, 0.29) is 17.9 Å². The molecule has 0 aromatic carbocycles. The molecule has 1 aliphatic rings. The lowest BCUT2D eigenvalue weighted by molar-refractivity contribution is -0.124. The second-order valence-electron chi connectivity index (χ2n) is 5.83. The Hall–Kier alpha value is -0.570. The van der Waals surface area contributed by atoms with Crippen molar-refractivity contribution in [1.82, 2.24) is 5.32 Å². The van der Waals surface area contributed by atoms with E-state index in [1.807, 2.05) is 6.92 Å². The van der Waals surface area contributed by atoms with Crippen molar-refractivity contribution in [2.75, 3.05) is 0 Å². The zero-order valence-electron chi connectivity index (χ0n) is 12.2. The number of carbonyl (C=O) groups excluding carboxylic acids is 1. The summed E-state index contributed by atoms with van der Waals surface area (Å²) in [5, 5.41) is 3.19. The number of amides is 1. The smallest absolute Gasteiger partial charge is 0.237 e. The lowest BCUT2D eigenvalue weighted by Crippen LogP contribution is -2.50. The van der Waals surface area contributed by atoms with Crippen LogP contribution in [0, 0.1) is 11.8 Å². The van der Waals surface area contributed by atoms with Gasteiger partial charge in [0, 0.05) is 6.04 Å². The molecule has 106 valence electrons. The van der Waals surface area contributed by atoms with Gasteiger partial charge in [-0.05, 0) is 31.1 Å². The Bertz CT molecular complexity index is 249. The van der Waals surface area contributed by atoms with E-state index in [2.05, 4.69) is 19.2 Å². The molecule has 0 aromatic rings. The van der Waals surface area contributed by atoms with Crippen LogP contribution in [0.15, 0.2) is 0 Å².